The number of thiazole rings is 1. The number of halogens is 4. The second kappa shape index (κ2) is 11.6. The van der Waals surface area contributed by atoms with Crippen LogP contribution >= 0.6 is 30.8 Å². The van der Waals surface area contributed by atoms with Gasteiger partial charge in [-0.2, -0.15) is 26.2 Å². The summed E-state index contributed by atoms with van der Waals surface area (Å²) in [6.07, 6.45) is 1.66. The maximum Gasteiger partial charge on any atom is 1.00 e. The molecule has 0 amide bonds. The topological polar surface area (TPSA) is 122 Å². The van der Waals surface area contributed by atoms with E-state index in [0.717, 1.165) is 23.4 Å². The molecule has 0 radical (unpaired) electrons. The molecule has 3 rings (SSSR count). The van der Waals surface area contributed by atoms with Crippen molar-refractivity contribution in [2.45, 2.75) is 31.7 Å². The fourth-order valence-corrected chi connectivity index (χ4v) is 5.38. The number of anilines is 1. The van der Waals surface area contributed by atoms with Crippen LogP contribution in [0.4, 0.5) is 18.9 Å². The molecule has 1 atom stereocenters. The zero-order valence-electron chi connectivity index (χ0n) is 20.1. The second-order valence-electron chi connectivity index (χ2n) is 8.27. The Morgan fingerprint density at radius 1 is 1.16 bits per heavy atom. The summed E-state index contributed by atoms with van der Waals surface area (Å²) in [4.78, 5) is 20.5. The van der Waals surface area contributed by atoms with Crippen LogP contribution in [0.15, 0.2) is 41.9 Å². The summed E-state index contributed by atoms with van der Waals surface area (Å²) in [5.41, 5.74) is -4.65. The van der Waals surface area contributed by atoms with E-state index in [2.05, 4.69) is 19.1 Å². The number of hydrogen-bond acceptors (Lipinski definition) is 9. The Hall–Kier alpha value is -1.06. The van der Waals surface area contributed by atoms with Gasteiger partial charge in [-0.3, -0.25) is 9.55 Å². The first-order chi connectivity index (χ1) is 16.5. The monoisotopic (exact) mass is 607 g/mol. The molecule has 2 aromatic heterocycles. The van der Waals surface area contributed by atoms with Crippen molar-refractivity contribution in [3.05, 3.63) is 52.6 Å². The Bertz CT molecular complexity index is 1430. The Morgan fingerprint density at radius 2 is 1.81 bits per heavy atom. The Morgan fingerprint density at radius 3 is 2.35 bits per heavy atom. The van der Waals surface area contributed by atoms with Crippen LogP contribution in [0.25, 0.3) is 21.8 Å². The molecule has 196 valence electrons. The van der Waals surface area contributed by atoms with Crippen LogP contribution in [0.3, 0.4) is 0 Å². The minimum absolute atomic E-state index is 0. The van der Waals surface area contributed by atoms with Gasteiger partial charge in [0.2, 0.25) is 0 Å². The van der Waals surface area contributed by atoms with E-state index >= 15 is 0 Å². The zero-order chi connectivity index (χ0) is 27.1. The van der Waals surface area contributed by atoms with Crippen molar-refractivity contribution in [2.24, 2.45) is 0 Å². The summed E-state index contributed by atoms with van der Waals surface area (Å²) < 4.78 is 82.3. The maximum absolute atomic E-state index is 13.2. The summed E-state index contributed by atoms with van der Waals surface area (Å²) in [6.45, 7) is 6.04. The normalized spacial score (nSPS) is 14.1. The predicted molar refractivity (Wildman–Crippen MR) is 128 cm³/mol. The zero-order valence-corrected chi connectivity index (χ0v) is 25.4. The van der Waals surface area contributed by atoms with E-state index in [1.807, 2.05) is 26.8 Å². The first-order valence-corrected chi connectivity index (χ1v) is 14.0. The first kappa shape index (κ1) is 32.2. The van der Waals surface area contributed by atoms with Crippen molar-refractivity contribution in [3.63, 3.8) is 0 Å². The number of pyridine rings is 1. The third-order valence-corrected chi connectivity index (χ3v) is 8.06. The van der Waals surface area contributed by atoms with E-state index in [1.54, 1.807) is 17.6 Å². The molecule has 37 heavy (non-hydrogen) atoms. The minimum Gasteiger partial charge on any atom is -0.755 e. The van der Waals surface area contributed by atoms with Gasteiger partial charge < -0.3 is 9.42 Å². The maximum atomic E-state index is 13.2. The van der Waals surface area contributed by atoms with Gasteiger partial charge in [-0.1, -0.05) is 32.4 Å². The largest absolute Gasteiger partial charge is 1.00 e. The van der Waals surface area contributed by atoms with Gasteiger partial charge in [-0.25, -0.2) is 4.98 Å². The van der Waals surface area contributed by atoms with Crippen LogP contribution in [0.1, 0.15) is 26.5 Å². The number of nitrogens with zero attached hydrogens (tertiary/aromatic N) is 3. The smallest absolute Gasteiger partial charge is 0.755 e. The Labute approximate surface area is 242 Å². The van der Waals surface area contributed by atoms with E-state index in [-0.39, 0.29) is 45.6 Å². The van der Waals surface area contributed by atoms with Gasteiger partial charge in [0.25, 0.3) is 7.82 Å². The van der Waals surface area contributed by atoms with Crippen molar-refractivity contribution < 1.29 is 69.8 Å². The standard InChI is InChI=1S/C20H20ClF3N3O6PS2.Na/c1-19(2,3)17-9-12(7-8-25-17)18-26-16(11-35-18)14-6-5-13(10-15(14)21)27(33-34(28,29)32-4)36(30,31)20(22,23)24;/h5-11H,1-4H3,(H,28,29);/q;+1/p-1. The van der Waals surface area contributed by atoms with Crippen molar-refractivity contribution in [1.29, 1.82) is 0 Å². The van der Waals surface area contributed by atoms with E-state index in [9.17, 15) is 31.0 Å². The molecule has 0 aliphatic carbocycles. The van der Waals surface area contributed by atoms with Gasteiger partial charge in [-0.15, -0.1) is 15.8 Å². The molecule has 0 fully saturated rings. The number of alkyl halides is 3. The van der Waals surface area contributed by atoms with Gasteiger partial charge in [0.15, 0.2) is 0 Å². The summed E-state index contributed by atoms with van der Waals surface area (Å²) in [5.74, 6) is 0. The van der Waals surface area contributed by atoms with E-state index in [0.29, 0.717) is 17.8 Å². The molecule has 17 heteroatoms. The summed E-state index contributed by atoms with van der Waals surface area (Å²) >= 11 is 7.52. The number of phosphoric ester groups is 1. The number of hydrogen-bond donors (Lipinski definition) is 0. The van der Waals surface area contributed by atoms with E-state index in [1.165, 1.54) is 17.4 Å². The van der Waals surface area contributed by atoms with Crippen LogP contribution in [0.2, 0.25) is 5.02 Å². The molecule has 3 aromatic rings. The predicted octanol–water partition coefficient (Wildman–Crippen LogP) is 2.53. The number of phosphoric acid groups is 1. The van der Waals surface area contributed by atoms with Crippen molar-refractivity contribution in [2.75, 3.05) is 11.6 Å². The van der Waals surface area contributed by atoms with Gasteiger partial charge in [0.1, 0.15) is 5.01 Å². The fourth-order valence-electron chi connectivity index (χ4n) is 2.78. The van der Waals surface area contributed by atoms with Crippen LogP contribution < -0.4 is 38.9 Å². The van der Waals surface area contributed by atoms with E-state index in [4.69, 9.17) is 11.6 Å². The van der Waals surface area contributed by atoms with Crippen molar-refractivity contribution >= 4 is 46.5 Å². The number of benzene rings is 1. The van der Waals surface area contributed by atoms with Crippen LogP contribution in [0.5, 0.6) is 0 Å². The van der Waals surface area contributed by atoms with Gasteiger partial charge in [0, 0.05) is 40.9 Å². The summed E-state index contributed by atoms with van der Waals surface area (Å²) in [5, 5.41) is 2.07. The molecular formula is C20H19ClF3N3NaO6PS2. The quantitative estimate of drug-likeness (QED) is 0.228. The molecule has 0 bridgehead atoms. The molecular weight excluding hydrogens is 589 g/mol. The molecule has 0 saturated heterocycles. The molecule has 1 aromatic carbocycles. The SMILES string of the molecule is COP(=O)([O-])ON(c1ccc(-c2csc(-c3ccnc(C(C)(C)C)c3)n2)c(Cl)c1)S(=O)(=O)C(F)(F)F.[Na+]. The van der Waals surface area contributed by atoms with Crippen LogP contribution in [-0.2, 0) is 29.2 Å². The van der Waals surface area contributed by atoms with Crippen LogP contribution in [-0.4, -0.2) is 31.0 Å². The average molecular weight is 608 g/mol. The summed E-state index contributed by atoms with van der Waals surface area (Å²) in [6, 6.07) is 6.55. The van der Waals surface area contributed by atoms with Crippen molar-refractivity contribution in [3.8, 4) is 21.8 Å². The molecule has 0 aliphatic rings. The minimum atomic E-state index is -6.30. The van der Waals surface area contributed by atoms with E-state index < -0.39 is 33.5 Å². The molecule has 0 aliphatic heterocycles. The molecule has 9 nitrogen and oxygen atoms in total. The van der Waals surface area contributed by atoms with Gasteiger partial charge in [0.05, 0.1) is 16.4 Å². The van der Waals surface area contributed by atoms with Crippen molar-refractivity contribution in [1.82, 2.24) is 9.97 Å². The average Bonchev–Trinajstić information content (AvgIpc) is 3.26. The number of rotatable bonds is 7. The number of sulfonamides is 1. The third-order valence-electron chi connectivity index (χ3n) is 4.63. The number of aromatic nitrogens is 2. The van der Waals surface area contributed by atoms with Crippen LogP contribution in [0, 0.1) is 0 Å². The summed E-state index contributed by atoms with van der Waals surface area (Å²) in [7, 11) is -11.2. The molecule has 1 unspecified atom stereocenters. The third kappa shape index (κ3) is 7.33. The first-order valence-electron chi connectivity index (χ1n) is 9.87. The molecule has 0 saturated carbocycles. The van der Waals surface area contributed by atoms with Gasteiger partial charge in [-0.05, 0) is 30.3 Å². The Kier molecular flexibility index (Phi) is 10.1. The molecule has 2 heterocycles. The molecule has 0 N–H and O–H groups in total. The Balaban J connectivity index is 0.00000481. The fraction of sp³-hybridized carbons (Fsp3) is 0.300. The van der Waals surface area contributed by atoms with Gasteiger partial charge >= 0.3 is 45.1 Å². The molecule has 0 spiro atoms. The second-order valence-corrected chi connectivity index (χ2v) is 12.7.